The van der Waals surface area contributed by atoms with Crippen molar-refractivity contribution in [2.45, 2.75) is 30.7 Å². The van der Waals surface area contributed by atoms with E-state index in [2.05, 4.69) is 53.3 Å². The molecule has 0 fully saturated rings. The van der Waals surface area contributed by atoms with Crippen LogP contribution in [0.15, 0.2) is 59.6 Å². The first-order valence-electron chi connectivity index (χ1n) is 11.8. The van der Waals surface area contributed by atoms with Gasteiger partial charge in [0.1, 0.15) is 5.69 Å². The standard InChI is InChI=1S/C25H26ClIN8O4/c1-14-10-16(27)11-18(23(36)32-33(3)25(38)39-4)21(14)29-24(37)20-12-17(13-34-9-7-15(2)30-34)31-35(20)22-19(26)6-5-8-28-22/h5-10,12,16H,11,13H2,1-4H3,(H,29,37)(H,32,36). The van der Waals surface area contributed by atoms with Crippen molar-refractivity contribution in [3.8, 4) is 5.82 Å². The van der Waals surface area contributed by atoms with Crippen molar-refractivity contribution in [1.82, 2.24) is 40.3 Å². The highest BCUT2D eigenvalue weighted by Crippen LogP contribution is 2.29. The van der Waals surface area contributed by atoms with Crippen molar-refractivity contribution in [3.05, 3.63) is 81.7 Å². The maximum Gasteiger partial charge on any atom is 0.428 e. The number of allylic oxidation sites excluding steroid dienone is 2. The number of carbonyl (C=O) groups is 3. The predicted molar refractivity (Wildman–Crippen MR) is 151 cm³/mol. The van der Waals surface area contributed by atoms with E-state index in [4.69, 9.17) is 11.6 Å². The van der Waals surface area contributed by atoms with Crippen LogP contribution in [0.4, 0.5) is 4.79 Å². The van der Waals surface area contributed by atoms with E-state index in [9.17, 15) is 14.4 Å². The summed E-state index contributed by atoms with van der Waals surface area (Å²) in [6.07, 6.45) is 4.93. The zero-order valence-corrected chi connectivity index (χ0v) is 24.5. The van der Waals surface area contributed by atoms with Gasteiger partial charge in [-0.3, -0.25) is 19.7 Å². The lowest BCUT2D eigenvalue weighted by Gasteiger charge is -2.25. The normalized spacial score (nSPS) is 15.0. The first kappa shape index (κ1) is 28.3. The van der Waals surface area contributed by atoms with E-state index in [1.807, 2.05) is 25.3 Å². The van der Waals surface area contributed by atoms with Crippen LogP contribution in [0, 0.1) is 6.92 Å². The number of amides is 3. The summed E-state index contributed by atoms with van der Waals surface area (Å²) in [5, 5.41) is 13.1. The first-order chi connectivity index (χ1) is 18.6. The lowest BCUT2D eigenvalue weighted by molar-refractivity contribution is -0.121. The van der Waals surface area contributed by atoms with Crippen molar-refractivity contribution >= 4 is 52.1 Å². The average Bonchev–Trinajstić information content (AvgIpc) is 3.50. The van der Waals surface area contributed by atoms with E-state index >= 15 is 0 Å². The quantitative estimate of drug-likeness (QED) is 0.234. The maximum absolute atomic E-state index is 13.7. The number of pyridine rings is 1. The van der Waals surface area contributed by atoms with Gasteiger partial charge in [0, 0.05) is 28.9 Å². The summed E-state index contributed by atoms with van der Waals surface area (Å²) in [7, 11) is 2.58. The summed E-state index contributed by atoms with van der Waals surface area (Å²) in [5.41, 5.74) is 5.41. The van der Waals surface area contributed by atoms with Crippen LogP contribution in [0.25, 0.3) is 5.82 Å². The molecule has 3 amide bonds. The molecule has 12 nitrogen and oxygen atoms in total. The number of nitrogens with zero attached hydrogens (tertiary/aromatic N) is 6. The number of alkyl halides is 1. The summed E-state index contributed by atoms with van der Waals surface area (Å²) in [5.74, 6) is -0.779. The van der Waals surface area contributed by atoms with Crippen molar-refractivity contribution in [1.29, 1.82) is 0 Å². The predicted octanol–water partition coefficient (Wildman–Crippen LogP) is 3.34. The molecule has 39 heavy (non-hydrogen) atoms. The Bertz CT molecular complexity index is 1490. The van der Waals surface area contributed by atoms with Gasteiger partial charge < -0.3 is 10.1 Å². The van der Waals surface area contributed by atoms with Gasteiger partial charge in [0.2, 0.25) is 0 Å². The molecule has 0 saturated heterocycles. The van der Waals surface area contributed by atoms with Crippen molar-refractivity contribution in [2.75, 3.05) is 14.2 Å². The Labute approximate surface area is 243 Å². The number of hydrogen-bond donors (Lipinski definition) is 2. The minimum atomic E-state index is -0.736. The highest BCUT2D eigenvalue weighted by molar-refractivity contribution is 14.1. The Balaban J connectivity index is 1.71. The Morgan fingerprint density at radius 2 is 2.00 bits per heavy atom. The van der Waals surface area contributed by atoms with Crippen LogP contribution < -0.4 is 10.7 Å². The number of ether oxygens (including phenoxy) is 1. The van der Waals surface area contributed by atoms with Crippen LogP contribution in [0.1, 0.15) is 35.2 Å². The van der Waals surface area contributed by atoms with E-state index in [0.717, 1.165) is 10.7 Å². The Hall–Kier alpha value is -3.72. The van der Waals surface area contributed by atoms with Gasteiger partial charge in [-0.25, -0.2) is 19.5 Å². The van der Waals surface area contributed by atoms with Crippen LogP contribution in [0.5, 0.6) is 0 Å². The van der Waals surface area contributed by atoms with Gasteiger partial charge in [-0.15, -0.1) is 0 Å². The number of halogens is 2. The molecule has 1 unspecified atom stereocenters. The highest BCUT2D eigenvalue weighted by Gasteiger charge is 2.28. The molecule has 0 aromatic carbocycles. The number of hydrazine groups is 1. The molecule has 1 aliphatic rings. The zero-order valence-electron chi connectivity index (χ0n) is 21.6. The number of rotatable bonds is 6. The van der Waals surface area contributed by atoms with Crippen LogP contribution in [0.2, 0.25) is 5.02 Å². The summed E-state index contributed by atoms with van der Waals surface area (Å²) in [4.78, 5) is 43.0. The summed E-state index contributed by atoms with van der Waals surface area (Å²) in [6, 6.07) is 6.84. The molecule has 3 heterocycles. The van der Waals surface area contributed by atoms with E-state index < -0.39 is 17.9 Å². The van der Waals surface area contributed by atoms with E-state index in [0.29, 0.717) is 40.5 Å². The molecule has 14 heteroatoms. The minimum absolute atomic E-state index is 0.00872. The molecule has 0 saturated carbocycles. The molecule has 2 N–H and O–H groups in total. The van der Waals surface area contributed by atoms with Gasteiger partial charge >= 0.3 is 6.09 Å². The Morgan fingerprint density at radius 3 is 2.67 bits per heavy atom. The number of methoxy groups -OCH3 is 1. The number of aromatic nitrogens is 5. The third-order valence-electron chi connectivity index (χ3n) is 5.79. The molecule has 1 atom stereocenters. The van der Waals surface area contributed by atoms with Crippen molar-refractivity contribution in [2.24, 2.45) is 0 Å². The van der Waals surface area contributed by atoms with Crippen LogP contribution in [-0.2, 0) is 16.1 Å². The van der Waals surface area contributed by atoms with Gasteiger partial charge in [0.05, 0.1) is 35.8 Å². The van der Waals surface area contributed by atoms with Crippen LogP contribution in [-0.4, -0.2) is 65.5 Å². The average molecular weight is 665 g/mol. The van der Waals surface area contributed by atoms with Gasteiger partial charge in [-0.2, -0.15) is 10.2 Å². The minimum Gasteiger partial charge on any atom is -0.452 e. The molecule has 0 bridgehead atoms. The molecule has 4 rings (SSSR count). The third kappa shape index (κ3) is 6.47. The van der Waals surface area contributed by atoms with Gasteiger partial charge in [-0.1, -0.05) is 40.3 Å². The number of hydrogen-bond acceptors (Lipinski definition) is 7. The second-order valence-electron chi connectivity index (χ2n) is 8.74. The fraction of sp³-hybridized carbons (Fsp3) is 0.280. The molecule has 0 spiro atoms. The topological polar surface area (TPSA) is 136 Å². The molecule has 0 radical (unpaired) electrons. The number of nitrogens with one attached hydrogen (secondary N) is 2. The summed E-state index contributed by atoms with van der Waals surface area (Å²) in [6.45, 7) is 4.00. The second kappa shape index (κ2) is 12.0. The molecular formula is C25H26ClIN8O4. The summed E-state index contributed by atoms with van der Waals surface area (Å²) < 4.78 is 7.73. The smallest absolute Gasteiger partial charge is 0.428 e. The van der Waals surface area contributed by atoms with Crippen molar-refractivity contribution in [3.63, 3.8) is 0 Å². The largest absolute Gasteiger partial charge is 0.452 e. The number of aryl methyl sites for hydroxylation is 1. The first-order valence-corrected chi connectivity index (χ1v) is 13.4. The van der Waals surface area contributed by atoms with E-state index in [1.165, 1.54) is 18.8 Å². The lowest BCUT2D eigenvalue weighted by atomic mass is 9.95. The molecule has 0 aliphatic heterocycles. The zero-order chi connectivity index (χ0) is 28.3. The molecule has 204 valence electrons. The Kier molecular flexibility index (Phi) is 8.70. The van der Waals surface area contributed by atoms with Gasteiger partial charge in [0.15, 0.2) is 5.82 Å². The lowest BCUT2D eigenvalue weighted by Crippen LogP contribution is -2.45. The fourth-order valence-electron chi connectivity index (χ4n) is 3.99. The fourth-order valence-corrected chi connectivity index (χ4v) is 5.17. The second-order valence-corrected chi connectivity index (χ2v) is 10.8. The maximum atomic E-state index is 13.7. The monoisotopic (exact) mass is 664 g/mol. The summed E-state index contributed by atoms with van der Waals surface area (Å²) >= 11 is 8.61. The van der Waals surface area contributed by atoms with E-state index in [1.54, 1.807) is 36.0 Å². The molecule has 3 aromatic rings. The molecule has 1 aliphatic carbocycles. The van der Waals surface area contributed by atoms with Gasteiger partial charge in [-0.05, 0) is 50.1 Å². The van der Waals surface area contributed by atoms with Crippen LogP contribution in [0.3, 0.4) is 0 Å². The van der Waals surface area contributed by atoms with Crippen LogP contribution >= 0.6 is 34.2 Å². The van der Waals surface area contributed by atoms with Crippen molar-refractivity contribution < 1.29 is 19.1 Å². The number of carbonyl (C=O) groups excluding carboxylic acids is 3. The SMILES string of the molecule is COC(=O)N(C)NC(=O)C1=C(NC(=O)c2cc(Cn3ccc(C)n3)nn2-c2ncccc2Cl)C(C)=CC(I)C1. The van der Waals surface area contributed by atoms with Gasteiger partial charge in [0.25, 0.3) is 11.8 Å². The third-order valence-corrected chi connectivity index (χ3v) is 6.88. The molecule has 3 aromatic heterocycles. The highest BCUT2D eigenvalue weighted by atomic mass is 127. The molecular weight excluding hydrogens is 639 g/mol. The van der Waals surface area contributed by atoms with E-state index in [-0.39, 0.29) is 15.4 Å². The Morgan fingerprint density at radius 1 is 1.23 bits per heavy atom.